The number of benzene rings is 2. The third-order valence-electron chi connectivity index (χ3n) is 5.07. The molecule has 1 N–H and O–H groups in total. The third kappa shape index (κ3) is 4.64. The van der Waals surface area contributed by atoms with E-state index in [1.54, 1.807) is 18.2 Å². The Kier molecular flexibility index (Phi) is 5.92. The molecule has 0 heterocycles. The van der Waals surface area contributed by atoms with E-state index in [-0.39, 0.29) is 33.3 Å². The molecular formula is C23H22ClF3O3. The molecule has 0 saturated heterocycles. The van der Waals surface area contributed by atoms with Crippen LogP contribution in [0.25, 0.3) is 5.57 Å². The molecule has 2 aromatic carbocycles. The molecule has 0 unspecified atom stereocenters. The predicted molar refractivity (Wildman–Crippen MR) is 110 cm³/mol. The number of hydrogen-bond acceptors (Lipinski definition) is 3. The van der Waals surface area contributed by atoms with Gasteiger partial charge in [-0.25, -0.2) is 0 Å². The van der Waals surface area contributed by atoms with Gasteiger partial charge in [-0.15, -0.1) is 0 Å². The van der Waals surface area contributed by atoms with Gasteiger partial charge in [0.15, 0.2) is 5.78 Å². The lowest BCUT2D eigenvalue weighted by Crippen LogP contribution is -2.25. The molecule has 1 aliphatic rings. The Bertz CT molecular complexity index is 1020. The minimum absolute atomic E-state index is 0.0377. The van der Waals surface area contributed by atoms with Crippen LogP contribution in [0.1, 0.15) is 50.3 Å². The molecule has 3 rings (SSSR count). The van der Waals surface area contributed by atoms with Gasteiger partial charge >= 0.3 is 6.18 Å². The van der Waals surface area contributed by atoms with Crippen molar-refractivity contribution in [1.29, 1.82) is 0 Å². The predicted octanol–water partition coefficient (Wildman–Crippen LogP) is 7.37. The van der Waals surface area contributed by atoms with Crippen molar-refractivity contribution in [2.45, 2.75) is 46.2 Å². The number of aryl methyl sites for hydroxylation is 1. The largest absolute Gasteiger partial charge is 0.512 e. The smallest absolute Gasteiger partial charge is 0.416 e. The Hall–Kier alpha value is -2.47. The van der Waals surface area contributed by atoms with Crippen molar-refractivity contribution in [2.75, 3.05) is 0 Å². The lowest BCUT2D eigenvalue weighted by molar-refractivity contribution is -0.137. The Labute approximate surface area is 178 Å². The number of alkyl halides is 3. The first-order valence-corrected chi connectivity index (χ1v) is 9.92. The van der Waals surface area contributed by atoms with Crippen molar-refractivity contribution in [2.24, 2.45) is 5.41 Å². The molecule has 0 aliphatic heterocycles. The first kappa shape index (κ1) is 22.2. The highest BCUT2D eigenvalue weighted by Crippen LogP contribution is 2.42. The average molecular weight is 439 g/mol. The van der Waals surface area contributed by atoms with Crippen LogP contribution in [0.15, 0.2) is 42.2 Å². The quantitative estimate of drug-likeness (QED) is 0.542. The molecular weight excluding hydrogens is 417 g/mol. The number of aliphatic hydroxyl groups is 1. The zero-order valence-electron chi connectivity index (χ0n) is 16.9. The number of ether oxygens (including phenoxy) is 1. The summed E-state index contributed by atoms with van der Waals surface area (Å²) in [7, 11) is 0. The molecule has 160 valence electrons. The van der Waals surface area contributed by atoms with Crippen molar-refractivity contribution < 1.29 is 27.8 Å². The topological polar surface area (TPSA) is 46.5 Å². The van der Waals surface area contributed by atoms with Crippen LogP contribution in [0.3, 0.4) is 0 Å². The summed E-state index contributed by atoms with van der Waals surface area (Å²) >= 11 is 5.98. The van der Waals surface area contributed by atoms with Crippen molar-refractivity contribution in [1.82, 2.24) is 0 Å². The SMILES string of the molecule is CCc1ccc(Oc2ccc(C(F)(F)F)cc2Cl)cc1C1=C(O)CC(C)(C)CC1=O. The lowest BCUT2D eigenvalue weighted by atomic mass is 9.74. The van der Waals surface area contributed by atoms with Crippen molar-refractivity contribution in [3.05, 3.63) is 63.9 Å². The summed E-state index contributed by atoms with van der Waals surface area (Å²) in [4.78, 5) is 12.8. The maximum Gasteiger partial charge on any atom is 0.416 e. The molecule has 0 aromatic heterocycles. The van der Waals surface area contributed by atoms with Crippen LogP contribution < -0.4 is 4.74 Å². The summed E-state index contributed by atoms with van der Waals surface area (Å²) in [5.74, 6) is 0.259. The number of Topliss-reactive ketones (excluding diaryl/α,β-unsaturated/α-hetero) is 1. The van der Waals surface area contributed by atoms with E-state index in [0.29, 0.717) is 30.6 Å². The van der Waals surface area contributed by atoms with Crippen LogP contribution >= 0.6 is 11.6 Å². The zero-order valence-corrected chi connectivity index (χ0v) is 17.6. The molecule has 0 fully saturated rings. The van der Waals surface area contributed by atoms with E-state index in [9.17, 15) is 23.1 Å². The number of carbonyl (C=O) groups is 1. The number of rotatable bonds is 4. The van der Waals surface area contributed by atoms with E-state index < -0.39 is 11.7 Å². The van der Waals surface area contributed by atoms with E-state index in [0.717, 1.165) is 23.8 Å². The maximum absolute atomic E-state index is 12.8. The first-order valence-electron chi connectivity index (χ1n) is 9.54. The van der Waals surface area contributed by atoms with Crippen LogP contribution in [0.2, 0.25) is 5.02 Å². The molecule has 1 aliphatic carbocycles. The summed E-state index contributed by atoms with van der Waals surface area (Å²) < 4.78 is 44.2. The third-order valence-corrected chi connectivity index (χ3v) is 5.37. The number of aliphatic hydroxyl groups excluding tert-OH is 1. The van der Waals surface area contributed by atoms with Crippen LogP contribution in [0.5, 0.6) is 11.5 Å². The second kappa shape index (κ2) is 7.99. The van der Waals surface area contributed by atoms with Gasteiger partial charge in [0.2, 0.25) is 0 Å². The van der Waals surface area contributed by atoms with Crippen LogP contribution in [-0.4, -0.2) is 10.9 Å². The highest BCUT2D eigenvalue weighted by molar-refractivity contribution is 6.32. The van der Waals surface area contributed by atoms with Crippen molar-refractivity contribution in [3.8, 4) is 11.5 Å². The van der Waals surface area contributed by atoms with Gasteiger partial charge in [0.25, 0.3) is 0 Å². The Morgan fingerprint density at radius 2 is 1.83 bits per heavy atom. The summed E-state index contributed by atoms with van der Waals surface area (Å²) in [6, 6.07) is 7.91. The molecule has 0 bridgehead atoms. The highest BCUT2D eigenvalue weighted by atomic mass is 35.5. The summed E-state index contributed by atoms with van der Waals surface area (Å²) in [5.41, 5.74) is 0.507. The molecule has 30 heavy (non-hydrogen) atoms. The van der Waals surface area contributed by atoms with Gasteiger partial charge in [-0.05, 0) is 53.3 Å². The number of allylic oxidation sites excluding steroid dienone is 2. The van der Waals surface area contributed by atoms with Crippen molar-refractivity contribution in [3.63, 3.8) is 0 Å². The first-order chi connectivity index (χ1) is 13.9. The number of carbonyl (C=O) groups excluding carboxylic acids is 1. The van der Waals surface area contributed by atoms with Gasteiger partial charge in [-0.1, -0.05) is 38.4 Å². The van der Waals surface area contributed by atoms with Crippen LogP contribution in [0, 0.1) is 5.41 Å². The van der Waals surface area contributed by atoms with Gasteiger partial charge < -0.3 is 9.84 Å². The summed E-state index contributed by atoms with van der Waals surface area (Å²) in [5, 5.41) is 10.4. The van der Waals surface area contributed by atoms with E-state index in [2.05, 4.69) is 0 Å². The minimum Gasteiger partial charge on any atom is -0.512 e. The van der Waals surface area contributed by atoms with Crippen LogP contribution in [0.4, 0.5) is 13.2 Å². The second-order valence-electron chi connectivity index (χ2n) is 8.18. The lowest BCUT2D eigenvalue weighted by Gasteiger charge is -2.30. The molecule has 0 spiro atoms. The van der Waals surface area contributed by atoms with E-state index in [1.807, 2.05) is 20.8 Å². The monoisotopic (exact) mass is 438 g/mol. The Balaban J connectivity index is 1.99. The fourth-order valence-corrected chi connectivity index (χ4v) is 3.86. The van der Waals surface area contributed by atoms with Crippen LogP contribution in [-0.2, 0) is 17.4 Å². The molecule has 0 radical (unpaired) electrons. The van der Waals surface area contributed by atoms with E-state index in [1.165, 1.54) is 0 Å². The molecule has 2 aromatic rings. The second-order valence-corrected chi connectivity index (χ2v) is 8.59. The molecule has 7 heteroatoms. The molecule has 0 saturated carbocycles. The van der Waals surface area contributed by atoms with E-state index in [4.69, 9.17) is 16.3 Å². The average Bonchev–Trinajstić information content (AvgIpc) is 2.61. The number of halogens is 4. The normalized spacial score (nSPS) is 16.7. The summed E-state index contributed by atoms with van der Waals surface area (Å²) in [6.45, 7) is 5.77. The molecule has 0 amide bonds. The standard InChI is InChI=1S/C23H22ClF3O3/c1-4-13-5-7-15(30-20-8-6-14(9-17(20)24)23(25,26)27)10-16(13)21-18(28)11-22(2,3)12-19(21)29/h5-10,28H,4,11-12H2,1-3H3. The maximum atomic E-state index is 12.8. The minimum atomic E-state index is -4.50. The van der Waals surface area contributed by atoms with Gasteiger partial charge in [0.1, 0.15) is 17.3 Å². The van der Waals surface area contributed by atoms with Crippen molar-refractivity contribution >= 4 is 23.0 Å². The number of hydrogen-bond donors (Lipinski definition) is 1. The van der Waals surface area contributed by atoms with Gasteiger partial charge in [-0.3, -0.25) is 4.79 Å². The molecule has 3 nitrogen and oxygen atoms in total. The van der Waals surface area contributed by atoms with Gasteiger partial charge in [0, 0.05) is 12.8 Å². The van der Waals surface area contributed by atoms with Gasteiger partial charge in [0.05, 0.1) is 16.2 Å². The van der Waals surface area contributed by atoms with E-state index >= 15 is 0 Å². The Morgan fingerprint density at radius 3 is 2.40 bits per heavy atom. The molecule has 0 atom stereocenters. The highest BCUT2D eigenvalue weighted by Gasteiger charge is 2.34. The summed E-state index contributed by atoms with van der Waals surface area (Å²) in [6.07, 6.45) is -3.18. The fourth-order valence-electron chi connectivity index (χ4n) is 3.64. The Morgan fingerprint density at radius 1 is 1.13 bits per heavy atom. The zero-order chi connectivity index (χ0) is 22.3. The number of ketones is 1. The fraction of sp³-hybridized carbons (Fsp3) is 0.348. The van der Waals surface area contributed by atoms with Gasteiger partial charge in [-0.2, -0.15) is 13.2 Å².